The van der Waals surface area contributed by atoms with Gasteiger partial charge >= 0.3 is 0 Å². The maximum absolute atomic E-state index is 14.9. The molecule has 1 aliphatic carbocycles. The van der Waals surface area contributed by atoms with Crippen LogP contribution in [0.1, 0.15) is 45.9 Å². The van der Waals surface area contributed by atoms with E-state index >= 15 is 0 Å². The Labute approximate surface area is 223 Å². The second-order valence-corrected chi connectivity index (χ2v) is 9.82. The zero-order valence-electron chi connectivity index (χ0n) is 21.6. The Morgan fingerprint density at radius 3 is 2.24 bits per heavy atom. The number of carbonyl (C=O) groups excluding carboxylic acids is 1. The van der Waals surface area contributed by atoms with Gasteiger partial charge in [0.1, 0.15) is 5.41 Å². The summed E-state index contributed by atoms with van der Waals surface area (Å²) in [4.78, 5) is 14.9. The maximum Gasteiger partial charge on any atom is 0.177 e. The molecule has 190 valence electrons. The van der Waals surface area contributed by atoms with Crippen LogP contribution in [0.2, 0.25) is 0 Å². The van der Waals surface area contributed by atoms with Crippen LogP contribution in [-0.2, 0) is 6.42 Å². The van der Waals surface area contributed by atoms with Gasteiger partial charge in [-0.1, -0.05) is 78.9 Å². The Morgan fingerprint density at radius 2 is 1.50 bits per heavy atom. The number of carbonyl (C=O) groups is 1. The van der Waals surface area contributed by atoms with Crippen molar-refractivity contribution in [3.05, 3.63) is 125 Å². The highest BCUT2D eigenvalue weighted by molar-refractivity contribution is 6.24. The molecule has 0 N–H and O–H groups in total. The zero-order valence-corrected chi connectivity index (χ0v) is 21.6. The fourth-order valence-electron chi connectivity index (χ4n) is 6.10. The van der Waals surface area contributed by atoms with E-state index in [9.17, 15) is 4.79 Å². The number of hydrogen-bond acceptors (Lipinski definition) is 5. The van der Waals surface area contributed by atoms with Crippen molar-refractivity contribution in [1.82, 2.24) is 0 Å². The van der Waals surface area contributed by atoms with Crippen LogP contribution in [0.4, 0.5) is 5.69 Å². The SMILES string of the molecule is COc1ccc(C2N(c3ccccc3)N=C(c3ccccc3)C23CCCc2ccccc2C3=O)cc1OC. The molecule has 1 spiro atoms. The fraction of sp³-hybridized carbons (Fsp3) is 0.212. The predicted octanol–water partition coefficient (Wildman–Crippen LogP) is 6.88. The van der Waals surface area contributed by atoms with Crippen LogP contribution in [0.3, 0.4) is 0 Å². The van der Waals surface area contributed by atoms with E-state index in [4.69, 9.17) is 14.6 Å². The molecular formula is C33H30N2O3. The number of aryl methyl sites for hydroxylation is 1. The number of hydrogen-bond donors (Lipinski definition) is 0. The summed E-state index contributed by atoms with van der Waals surface area (Å²) in [5, 5.41) is 7.32. The number of nitrogens with zero attached hydrogens (tertiary/aromatic N) is 2. The summed E-state index contributed by atoms with van der Waals surface area (Å²) >= 11 is 0. The lowest BCUT2D eigenvalue weighted by atomic mass is 9.65. The van der Waals surface area contributed by atoms with Crippen molar-refractivity contribution in [2.75, 3.05) is 19.2 Å². The van der Waals surface area contributed by atoms with Crippen LogP contribution in [0.5, 0.6) is 11.5 Å². The molecule has 2 aliphatic rings. The predicted molar refractivity (Wildman–Crippen MR) is 150 cm³/mol. The number of methoxy groups -OCH3 is 2. The molecule has 0 fully saturated rings. The van der Waals surface area contributed by atoms with E-state index in [1.807, 2.05) is 89.9 Å². The third kappa shape index (κ3) is 3.77. The molecular weight excluding hydrogens is 472 g/mol. The van der Waals surface area contributed by atoms with Crippen molar-refractivity contribution >= 4 is 17.2 Å². The summed E-state index contributed by atoms with van der Waals surface area (Å²) in [6.07, 6.45) is 2.41. The Kier molecular flexibility index (Phi) is 6.20. The molecule has 1 heterocycles. The van der Waals surface area contributed by atoms with Crippen LogP contribution in [0.25, 0.3) is 0 Å². The van der Waals surface area contributed by atoms with Gasteiger partial charge in [0, 0.05) is 5.56 Å². The third-order valence-corrected chi connectivity index (χ3v) is 7.82. The minimum Gasteiger partial charge on any atom is -0.493 e. The van der Waals surface area contributed by atoms with E-state index in [0.717, 1.165) is 46.5 Å². The van der Waals surface area contributed by atoms with Crippen molar-refractivity contribution in [2.45, 2.75) is 25.3 Å². The number of para-hydroxylation sites is 1. The second-order valence-electron chi connectivity index (χ2n) is 9.82. The Hall–Kier alpha value is -4.38. The normalized spacial score (nSPS) is 20.6. The van der Waals surface area contributed by atoms with Crippen LogP contribution in [0, 0.1) is 5.41 Å². The smallest absolute Gasteiger partial charge is 0.177 e. The Morgan fingerprint density at radius 1 is 0.816 bits per heavy atom. The van der Waals surface area contributed by atoms with Gasteiger partial charge in [-0.3, -0.25) is 9.80 Å². The number of anilines is 1. The van der Waals surface area contributed by atoms with Crippen molar-refractivity contribution in [3.8, 4) is 11.5 Å². The Bertz CT molecular complexity index is 1500. The average molecular weight is 503 g/mol. The quantitative estimate of drug-likeness (QED) is 0.299. The van der Waals surface area contributed by atoms with E-state index in [-0.39, 0.29) is 11.8 Å². The summed E-state index contributed by atoms with van der Waals surface area (Å²) in [5.41, 5.74) is 4.65. The number of ketones is 1. The minimum absolute atomic E-state index is 0.117. The molecule has 38 heavy (non-hydrogen) atoms. The molecule has 4 aromatic rings. The average Bonchev–Trinajstić information content (AvgIpc) is 3.25. The number of fused-ring (bicyclic) bond motifs is 1. The number of Topliss-reactive ketones (excluding diaryl/α,β-unsaturated/α-hetero) is 1. The van der Waals surface area contributed by atoms with Gasteiger partial charge in [0.15, 0.2) is 17.3 Å². The first-order valence-electron chi connectivity index (χ1n) is 13.0. The monoisotopic (exact) mass is 502 g/mol. The molecule has 0 saturated heterocycles. The molecule has 2 unspecified atom stereocenters. The van der Waals surface area contributed by atoms with Crippen molar-refractivity contribution in [3.63, 3.8) is 0 Å². The van der Waals surface area contributed by atoms with Gasteiger partial charge in [-0.15, -0.1) is 0 Å². The number of hydrazone groups is 1. The molecule has 2 atom stereocenters. The topological polar surface area (TPSA) is 51.1 Å². The van der Waals surface area contributed by atoms with E-state index in [1.165, 1.54) is 0 Å². The summed E-state index contributed by atoms with van der Waals surface area (Å²) in [6, 6.07) is 33.9. The van der Waals surface area contributed by atoms with Crippen molar-refractivity contribution in [1.29, 1.82) is 0 Å². The Balaban J connectivity index is 1.65. The summed E-state index contributed by atoms with van der Waals surface area (Å²) in [5.74, 6) is 1.39. The molecule has 5 nitrogen and oxygen atoms in total. The van der Waals surface area contributed by atoms with E-state index in [0.29, 0.717) is 17.9 Å². The molecule has 0 bridgehead atoms. The standard InChI is InChI=1S/C33H30N2O3/c1-37-28-20-19-25(22-29(28)38-2)31-33(21-11-15-23-12-9-10-18-27(23)32(33)36)30(24-13-5-3-6-14-24)34-35(31)26-16-7-4-8-17-26/h3-10,12-14,16-20,22,31H,11,15,21H2,1-2H3. The van der Waals surface area contributed by atoms with E-state index in [1.54, 1.807) is 14.2 Å². The lowest BCUT2D eigenvalue weighted by molar-refractivity contribution is 0.0843. The van der Waals surface area contributed by atoms with Crippen LogP contribution in [-0.4, -0.2) is 25.7 Å². The summed E-state index contributed by atoms with van der Waals surface area (Å²) in [7, 11) is 3.27. The lowest BCUT2D eigenvalue weighted by Gasteiger charge is -2.38. The highest BCUT2D eigenvalue weighted by Crippen LogP contribution is 2.55. The fourth-order valence-corrected chi connectivity index (χ4v) is 6.10. The highest BCUT2D eigenvalue weighted by Gasteiger charge is 2.58. The molecule has 5 heteroatoms. The van der Waals surface area contributed by atoms with Crippen molar-refractivity contribution < 1.29 is 14.3 Å². The molecule has 0 saturated carbocycles. The summed E-state index contributed by atoms with van der Waals surface area (Å²) < 4.78 is 11.3. The van der Waals surface area contributed by atoms with Crippen LogP contribution < -0.4 is 14.5 Å². The molecule has 4 aromatic carbocycles. The van der Waals surface area contributed by atoms with Gasteiger partial charge in [-0.25, -0.2) is 0 Å². The number of ether oxygens (including phenoxy) is 2. The van der Waals surface area contributed by atoms with Gasteiger partial charge < -0.3 is 9.47 Å². The van der Waals surface area contributed by atoms with Crippen LogP contribution >= 0.6 is 0 Å². The van der Waals surface area contributed by atoms with Gasteiger partial charge in [0.25, 0.3) is 0 Å². The summed E-state index contributed by atoms with van der Waals surface area (Å²) in [6.45, 7) is 0. The van der Waals surface area contributed by atoms with Gasteiger partial charge in [0.05, 0.1) is 31.7 Å². The lowest BCUT2D eigenvalue weighted by Crippen LogP contribution is -2.44. The van der Waals surface area contributed by atoms with E-state index in [2.05, 4.69) is 18.2 Å². The van der Waals surface area contributed by atoms with Crippen LogP contribution in [0.15, 0.2) is 108 Å². The van der Waals surface area contributed by atoms with Crippen molar-refractivity contribution in [2.24, 2.45) is 10.5 Å². The van der Waals surface area contributed by atoms with Gasteiger partial charge in [0.2, 0.25) is 0 Å². The van der Waals surface area contributed by atoms with Gasteiger partial charge in [-0.2, -0.15) is 5.10 Å². The minimum atomic E-state index is -0.899. The maximum atomic E-state index is 14.9. The first-order valence-corrected chi connectivity index (χ1v) is 13.0. The molecule has 6 rings (SSSR count). The number of rotatable bonds is 5. The zero-order chi connectivity index (χ0) is 26.1. The largest absolute Gasteiger partial charge is 0.493 e. The number of benzene rings is 4. The van der Waals surface area contributed by atoms with Gasteiger partial charge in [-0.05, 0) is 60.2 Å². The molecule has 1 aliphatic heterocycles. The molecule has 0 radical (unpaired) electrons. The third-order valence-electron chi connectivity index (χ3n) is 7.82. The second kappa shape index (κ2) is 9.82. The molecule has 0 aromatic heterocycles. The highest BCUT2D eigenvalue weighted by atomic mass is 16.5. The van der Waals surface area contributed by atoms with E-state index < -0.39 is 5.41 Å². The first-order chi connectivity index (χ1) is 18.7. The molecule has 0 amide bonds. The first kappa shape index (κ1) is 24.0.